The van der Waals surface area contributed by atoms with Gasteiger partial charge in [0, 0.05) is 33.9 Å². The number of nitrogen functional groups attached to an aromatic ring is 1. The van der Waals surface area contributed by atoms with Crippen LogP contribution in [0.2, 0.25) is 0 Å². The lowest BCUT2D eigenvalue weighted by Gasteiger charge is -2.04. The SMILES string of the molecule is Cc1cnc(CNS(=O)(=O)c2c[nH]c3cc(N)ccc23)s1. The van der Waals surface area contributed by atoms with Gasteiger partial charge in [-0.2, -0.15) is 0 Å². The van der Waals surface area contributed by atoms with E-state index in [2.05, 4.69) is 14.7 Å². The number of sulfonamides is 1. The highest BCUT2D eigenvalue weighted by atomic mass is 32.2. The summed E-state index contributed by atoms with van der Waals surface area (Å²) in [5.41, 5.74) is 6.96. The van der Waals surface area contributed by atoms with Crippen LogP contribution in [0, 0.1) is 6.92 Å². The molecule has 3 rings (SSSR count). The Bertz CT molecular complexity index is 896. The average molecular weight is 322 g/mol. The second-order valence-electron chi connectivity index (χ2n) is 4.65. The Labute approximate surface area is 126 Å². The quantitative estimate of drug-likeness (QED) is 0.639. The lowest BCUT2D eigenvalue weighted by atomic mass is 10.2. The zero-order valence-electron chi connectivity index (χ0n) is 11.3. The van der Waals surface area contributed by atoms with Gasteiger partial charge in [-0.25, -0.2) is 18.1 Å². The van der Waals surface area contributed by atoms with Gasteiger partial charge in [0.1, 0.15) is 9.90 Å². The van der Waals surface area contributed by atoms with Crippen molar-refractivity contribution in [3.63, 3.8) is 0 Å². The fourth-order valence-corrected chi connectivity index (χ4v) is 4.04. The monoisotopic (exact) mass is 322 g/mol. The largest absolute Gasteiger partial charge is 0.399 e. The summed E-state index contributed by atoms with van der Waals surface area (Å²) in [6, 6.07) is 5.08. The molecule has 8 heteroatoms. The Morgan fingerprint density at radius 3 is 2.95 bits per heavy atom. The molecule has 0 saturated heterocycles. The van der Waals surface area contributed by atoms with Gasteiger partial charge in [0.05, 0.1) is 6.54 Å². The molecule has 0 atom stereocenters. The first-order valence-electron chi connectivity index (χ1n) is 6.23. The minimum atomic E-state index is -3.60. The maximum atomic E-state index is 12.4. The van der Waals surface area contributed by atoms with Gasteiger partial charge in [-0.15, -0.1) is 11.3 Å². The van der Waals surface area contributed by atoms with Crippen LogP contribution in [0.3, 0.4) is 0 Å². The zero-order valence-corrected chi connectivity index (χ0v) is 12.9. The summed E-state index contributed by atoms with van der Waals surface area (Å²) < 4.78 is 27.3. The fraction of sp³-hybridized carbons (Fsp3) is 0.154. The average Bonchev–Trinajstić information content (AvgIpc) is 3.02. The third kappa shape index (κ3) is 2.78. The number of aromatic amines is 1. The number of thiazole rings is 1. The lowest BCUT2D eigenvalue weighted by molar-refractivity contribution is 0.582. The summed E-state index contributed by atoms with van der Waals surface area (Å²) in [5, 5.41) is 1.35. The Kier molecular flexibility index (Phi) is 3.44. The number of nitrogens with two attached hydrogens (primary N) is 1. The number of hydrogen-bond acceptors (Lipinski definition) is 5. The molecule has 110 valence electrons. The number of nitrogens with zero attached hydrogens (tertiary/aromatic N) is 1. The van der Waals surface area contributed by atoms with Crippen LogP contribution in [0.15, 0.2) is 35.5 Å². The Balaban J connectivity index is 1.89. The Hall–Kier alpha value is -1.90. The van der Waals surface area contributed by atoms with Crippen LogP contribution in [-0.2, 0) is 16.6 Å². The summed E-state index contributed by atoms with van der Waals surface area (Å²) >= 11 is 1.47. The van der Waals surface area contributed by atoms with Crippen LogP contribution in [0.4, 0.5) is 5.69 Å². The second kappa shape index (κ2) is 5.14. The maximum absolute atomic E-state index is 12.4. The highest BCUT2D eigenvalue weighted by Crippen LogP contribution is 2.24. The first-order chi connectivity index (χ1) is 9.95. The highest BCUT2D eigenvalue weighted by Gasteiger charge is 2.19. The molecule has 2 heterocycles. The molecule has 0 fully saturated rings. The van der Waals surface area contributed by atoms with E-state index >= 15 is 0 Å². The smallest absolute Gasteiger partial charge is 0.243 e. The Morgan fingerprint density at radius 1 is 1.43 bits per heavy atom. The van der Waals surface area contributed by atoms with Gasteiger partial charge in [-0.1, -0.05) is 0 Å². The van der Waals surface area contributed by atoms with E-state index in [1.807, 2.05) is 6.92 Å². The topological polar surface area (TPSA) is 101 Å². The van der Waals surface area contributed by atoms with Crippen molar-refractivity contribution in [2.75, 3.05) is 5.73 Å². The van der Waals surface area contributed by atoms with Crippen molar-refractivity contribution in [2.24, 2.45) is 0 Å². The number of aryl methyl sites for hydroxylation is 1. The van der Waals surface area contributed by atoms with Crippen molar-refractivity contribution in [3.8, 4) is 0 Å². The molecule has 0 amide bonds. The van der Waals surface area contributed by atoms with Crippen LogP contribution in [0.1, 0.15) is 9.88 Å². The van der Waals surface area contributed by atoms with Crippen molar-refractivity contribution < 1.29 is 8.42 Å². The van der Waals surface area contributed by atoms with Crippen molar-refractivity contribution in [1.82, 2.24) is 14.7 Å². The Morgan fingerprint density at radius 2 is 2.24 bits per heavy atom. The second-order valence-corrected chi connectivity index (χ2v) is 7.70. The number of aromatic nitrogens is 2. The zero-order chi connectivity index (χ0) is 15.0. The van der Waals surface area contributed by atoms with E-state index in [-0.39, 0.29) is 11.4 Å². The predicted octanol–water partition coefficient (Wildman–Crippen LogP) is 1.99. The van der Waals surface area contributed by atoms with Crippen molar-refractivity contribution in [1.29, 1.82) is 0 Å². The predicted molar refractivity (Wildman–Crippen MR) is 83.6 cm³/mol. The molecule has 0 spiro atoms. The molecule has 0 unspecified atom stereocenters. The number of nitrogens with one attached hydrogen (secondary N) is 2. The van der Waals surface area contributed by atoms with Gasteiger partial charge >= 0.3 is 0 Å². The van der Waals surface area contributed by atoms with Gasteiger partial charge in [-0.05, 0) is 25.1 Å². The third-order valence-corrected chi connectivity index (χ3v) is 5.39. The van der Waals surface area contributed by atoms with Gasteiger partial charge in [0.2, 0.25) is 10.0 Å². The molecular weight excluding hydrogens is 308 g/mol. The number of benzene rings is 1. The first-order valence-corrected chi connectivity index (χ1v) is 8.53. The lowest BCUT2D eigenvalue weighted by Crippen LogP contribution is -2.22. The molecule has 0 radical (unpaired) electrons. The van der Waals surface area contributed by atoms with Crippen molar-refractivity contribution in [3.05, 3.63) is 40.5 Å². The molecule has 0 aliphatic rings. The van der Waals surface area contributed by atoms with Crippen LogP contribution in [-0.4, -0.2) is 18.4 Å². The highest BCUT2D eigenvalue weighted by molar-refractivity contribution is 7.89. The van der Waals surface area contributed by atoms with E-state index in [0.29, 0.717) is 16.6 Å². The van der Waals surface area contributed by atoms with E-state index in [1.165, 1.54) is 17.5 Å². The van der Waals surface area contributed by atoms with Gasteiger partial charge in [0.25, 0.3) is 0 Å². The molecular formula is C13H14N4O2S2. The standard InChI is InChI=1S/C13H14N4O2S2/c1-8-5-16-13(20-8)7-17-21(18,19)12-6-15-11-4-9(14)2-3-10(11)12/h2-6,15,17H,7,14H2,1H3. The molecule has 3 aromatic rings. The summed E-state index contributed by atoms with van der Waals surface area (Å²) in [7, 11) is -3.60. The normalized spacial score (nSPS) is 12.0. The number of rotatable bonds is 4. The van der Waals surface area contributed by atoms with Gasteiger partial charge < -0.3 is 10.7 Å². The molecule has 0 bridgehead atoms. The minimum absolute atomic E-state index is 0.183. The molecule has 0 aliphatic heterocycles. The molecule has 1 aromatic carbocycles. The summed E-state index contributed by atoms with van der Waals surface area (Å²) in [6.07, 6.45) is 3.20. The molecule has 0 saturated carbocycles. The van der Waals surface area contributed by atoms with Crippen molar-refractivity contribution >= 4 is 38.0 Å². The van der Waals surface area contributed by atoms with Crippen LogP contribution in [0.5, 0.6) is 0 Å². The van der Waals surface area contributed by atoms with Gasteiger partial charge in [0.15, 0.2) is 0 Å². The third-order valence-electron chi connectivity index (χ3n) is 3.04. The van der Waals surface area contributed by atoms with E-state index in [1.54, 1.807) is 24.4 Å². The number of fused-ring (bicyclic) bond motifs is 1. The molecule has 21 heavy (non-hydrogen) atoms. The fourth-order valence-electron chi connectivity index (χ4n) is 2.06. The molecule has 2 aromatic heterocycles. The number of anilines is 1. The van der Waals surface area contributed by atoms with Crippen LogP contribution in [0.25, 0.3) is 10.9 Å². The van der Waals surface area contributed by atoms with Crippen LogP contribution >= 0.6 is 11.3 Å². The van der Waals surface area contributed by atoms with E-state index in [4.69, 9.17) is 5.73 Å². The summed E-state index contributed by atoms with van der Waals surface area (Å²) in [6.45, 7) is 2.11. The first kappa shape index (κ1) is 14.1. The summed E-state index contributed by atoms with van der Waals surface area (Å²) in [4.78, 5) is 8.33. The summed E-state index contributed by atoms with van der Waals surface area (Å²) in [5.74, 6) is 0. The maximum Gasteiger partial charge on any atom is 0.243 e. The van der Waals surface area contributed by atoms with Crippen molar-refractivity contribution in [2.45, 2.75) is 18.4 Å². The molecule has 6 nitrogen and oxygen atoms in total. The van der Waals surface area contributed by atoms with E-state index in [9.17, 15) is 8.42 Å². The number of hydrogen-bond donors (Lipinski definition) is 3. The number of H-pyrrole nitrogens is 1. The van der Waals surface area contributed by atoms with E-state index in [0.717, 1.165) is 9.88 Å². The van der Waals surface area contributed by atoms with Gasteiger partial charge in [-0.3, -0.25) is 0 Å². The molecule has 4 N–H and O–H groups in total. The molecule has 0 aliphatic carbocycles. The van der Waals surface area contributed by atoms with Crippen LogP contribution < -0.4 is 10.5 Å². The van der Waals surface area contributed by atoms with E-state index < -0.39 is 10.0 Å². The minimum Gasteiger partial charge on any atom is -0.399 e.